The first-order valence-electron chi connectivity index (χ1n) is 6.87. The van der Waals surface area contributed by atoms with Gasteiger partial charge in [0.15, 0.2) is 0 Å². The van der Waals surface area contributed by atoms with E-state index in [0.29, 0.717) is 15.7 Å². The lowest BCUT2D eigenvalue weighted by Crippen LogP contribution is -2.15. The molecule has 3 N–H and O–H groups in total. The topological polar surface area (TPSA) is 102 Å². The molecule has 8 heteroatoms. The first-order valence-corrected chi connectivity index (χ1v) is 7.63. The molecule has 0 atom stereocenters. The van der Waals surface area contributed by atoms with Crippen LogP contribution in [0.2, 0.25) is 10.0 Å². The monoisotopic (exact) mass is 375 g/mol. The highest BCUT2D eigenvalue weighted by molar-refractivity contribution is 6.42. The second kappa shape index (κ2) is 8.20. The number of benzene rings is 2. The van der Waals surface area contributed by atoms with E-state index in [4.69, 9.17) is 33.6 Å². The Kier molecular flexibility index (Phi) is 6.01. The number of carbonyl (C=O) groups is 2. The molecule has 0 aromatic heterocycles. The molecule has 0 radical (unpaired) electrons. The quantitative estimate of drug-likeness (QED) is 0.538. The maximum Gasteiger partial charge on any atom is 0.335 e. The highest BCUT2D eigenvalue weighted by Gasteiger charge is 2.11. The summed E-state index contributed by atoms with van der Waals surface area (Å²) in [5.74, 6) is -1.80. The molecule has 25 heavy (non-hydrogen) atoms. The second-order valence-corrected chi connectivity index (χ2v) is 5.60. The van der Waals surface area contributed by atoms with Crippen LogP contribution in [-0.4, -0.2) is 17.0 Å². The van der Waals surface area contributed by atoms with Gasteiger partial charge in [-0.2, -0.15) is 5.26 Å². The maximum atomic E-state index is 12.1. The van der Waals surface area contributed by atoms with E-state index in [9.17, 15) is 9.59 Å². The summed E-state index contributed by atoms with van der Waals surface area (Å²) in [5, 5.41) is 24.0. The SMILES string of the molecule is N#C/C(=C/Nc1ccc(Cl)c(Cl)c1)C(=O)Nc1cccc(C(=O)O)c1. The number of hydrogen-bond acceptors (Lipinski definition) is 4. The number of halogens is 2. The van der Waals surface area contributed by atoms with E-state index < -0.39 is 11.9 Å². The zero-order chi connectivity index (χ0) is 18.4. The van der Waals surface area contributed by atoms with Gasteiger partial charge in [0.2, 0.25) is 0 Å². The number of amides is 1. The molecule has 1 amide bonds. The number of aromatic carboxylic acids is 1. The van der Waals surface area contributed by atoms with E-state index in [-0.39, 0.29) is 16.8 Å². The number of nitriles is 1. The average Bonchev–Trinajstić information content (AvgIpc) is 2.58. The van der Waals surface area contributed by atoms with Crippen molar-refractivity contribution in [2.24, 2.45) is 0 Å². The van der Waals surface area contributed by atoms with Crippen LogP contribution in [0.3, 0.4) is 0 Å². The predicted octanol–water partition coefficient (Wildman–Crippen LogP) is 4.15. The number of carbonyl (C=O) groups excluding carboxylic acids is 1. The first-order chi connectivity index (χ1) is 11.9. The van der Waals surface area contributed by atoms with Crippen molar-refractivity contribution in [2.75, 3.05) is 10.6 Å². The fraction of sp³-hybridized carbons (Fsp3) is 0. The third-order valence-corrected chi connectivity index (χ3v) is 3.77. The standard InChI is InChI=1S/C17H11Cl2N3O3/c18-14-5-4-12(7-15(14)19)21-9-11(8-20)16(23)22-13-3-1-2-10(6-13)17(24)25/h1-7,9,21H,(H,22,23)(H,24,25)/b11-9-. The number of anilines is 2. The molecule has 0 bridgehead atoms. The predicted molar refractivity (Wildman–Crippen MR) is 95.8 cm³/mol. The van der Waals surface area contributed by atoms with Gasteiger partial charge in [-0.25, -0.2) is 4.79 Å². The third kappa shape index (κ3) is 4.98. The molecule has 0 aliphatic heterocycles. The van der Waals surface area contributed by atoms with Crippen LogP contribution in [0.25, 0.3) is 0 Å². The largest absolute Gasteiger partial charge is 0.478 e. The Labute approximate surface area is 153 Å². The van der Waals surface area contributed by atoms with Gasteiger partial charge in [-0.05, 0) is 36.4 Å². The van der Waals surface area contributed by atoms with Gasteiger partial charge < -0.3 is 15.7 Å². The summed E-state index contributed by atoms with van der Waals surface area (Å²) in [5.41, 5.74) is 0.629. The minimum Gasteiger partial charge on any atom is -0.478 e. The molecule has 0 aliphatic rings. The summed E-state index contributed by atoms with van der Waals surface area (Å²) in [7, 11) is 0. The fourth-order valence-corrected chi connectivity index (χ4v) is 2.12. The lowest BCUT2D eigenvalue weighted by atomic mass is 10.2. The number of carboxylic acids is 1. The Morgan fingerprint density at radius 1 is 1.08 bits per heavy atom. The minimum absolute atomic E-state index is 0.0224. The van der Waals surface area contributed by atoms with E-state index in [1.165, 1.54) is 30.5 Å². The van der Waals surface area contributed by atoms with Crippen molar-refractivity contribution in [2.45, 2.75) is 0 Å². The molecule has 0 unspecified atom stereocenters. The first kappa shape index (κ1) is 18.3. The normalized spacial score (nSPS) is 10.7. The number of rotatable bonds is 5. The number of nitrogens with zero attached hydrogens (tertiary/aromatic N) is 1. The smallest absolute Gasteiger partial charge is 0.335 e. The van der Waals surface area contributed by atoms with Gasteiger partial charge in [0.1, 0.15) is 11.6 Å². The van der Waals surface area contributed by atoms with Crippen molar-refractivity contribution >= 4 is 46.5 Å². The molecule has 0 aliphatic carbocycles. The summed E-state index contributed by atoms with van der Waals surface area (Å²) in [6, 6.07) is 12.2. The maximum absolute atomic E-state index is 12.1. The molecule has 0 heterocycles. The highest BCUT2D eigenvalue weighted by Crippen LogP contribution is 2.25. The molecule has 0 saturated carbocycles. The summed E-state index contributed by atoms with van der Waals surface area (Å²) >= 11 is 11.7. The van der Waals surface area contributed by atoms with Gasteiger partial charge in [0, 0.05) is 17.6 Å². The Hall–Kier alpha value is -3.01. The number of nitrogens with one attached hydrogen (secondary N) is 2. The van der Waals surface area contributed by atoms with E-state index in [1.54, 1.807) is 24.3 Å². The van der Waals surface area contributed by atoms with Crippen LogP contribution in [0.4, 0.5) is 11.4 Å². The van der Waals surface area contributed by atoms with Crippen LogP contribution in [0, 0.1) is 11.3 Å². The van der Waals surface area contributed by atoms with Gasteiger partial charge in [-0.3, -0.25) is 4.79 Å². The van der Waals surface area contributed by atoms with Crippen LogP contribution < -0.4 is 10.6 Å². The lowest BCUT2D eigenvalue weighted by molar-refractivity contribution is -0.112. The highest BCUT2D eigenvalue weighted by atomic mass is 35.5. The number of hydrogen-bond donors (Lipinski definition) is 3. The van der Waals surface area contributed by atoms with Gasteiger partial charge in [0.05, 0.1) is 15.6 Å². The van der Waals surface area contributed by atoms with Crippen LogP contribution in [0.1, 0.15) is 10.4 Å². The van der Waals surface area contributed by atoms with Gasteiger partial charge in [-0.15, -0.1) is 0 Å². The van der Waals surface area contributed by atoms with Crippen molar-refractivity contribution in [3.05, 3.63) is 69.8 Å². The zero-order valence-electron chi connectivity index (χ0n) is 12.6. The molecule has 126 valence electrons. The molecular weight excluding hydrogens is 365 g/mol. The molecule has 2 rings (SSSR count). The Balaban J connectivity index is 2.12. The number of carboxylic acid groups (broad SMARTS) is 1. The van der Waals surface area contributed by atoms with Crippen molar-refractivity contribution < 1.29 is 14.7 Å². The molecule has 0 spiro atoms. The second-order valence-electron chi connectivity index (χ2n) is 4.78. The summed E-state index contributed by atoms with van der Waals surface area (Å²) < 4.78 is 0. The Morgan fingerprint density at radius 2 is 1.84 bits per heavy atom. The average molecular weight is 376 g/mol. The van der Waals surface area contributed by atoms with Gasteiger partial charge in [0.25, 0.3) is 5.91 Å². The third-order valence-electron chi connectivity index (χ3n) is 3.04. The molecule has 0 saturated heterocycles. The molecule has 0 fully saturated rings. The van der Waals surface area contributed by atoms with Gasteiger partial charge >= 0.3 is 5.97 Å². The minimum atomic E-state index is -1.12. The lowest BCUT2D eigenvalue weighted by Gasteiger charge is -2.06. The summed E-state index contributed by atoms with van der Waals surface area (Å²) in [6.45, 7) is 0. The Morgan fingerprint density at radius 3 is 2.48 bits per heavy atom. The molecule has 2 aromatic rings. The van der Waals surface area contributed by atoms with Crippen molar-refractivity contribution in [3.8, 4) is 6.07 Å². The van der Waals surface area contributed by atoms with E-state index in [2.05, 4.69) is 10.6 Å². The summed E-state index contributed by atoms with van der Waals surface area (Å²) in [6.07, 6.45) is 1.22. The van der Waals surface area contributed by atoms with Crippen LogP contribution >= 0.6 is 23.2 Å². The van der Waals surface area contributed by atoms with Crippen molar-refractivity contribution in [1.29, 1.82) is 5.26 Å². The molecule has 2 aromatic carbocycles. The molecule has 6 nitrogen and oxygen atoms in total. The van der Waals surface area contributed by atoms with Crippen molar-refractivity contribution in [1.82, 2.24) is 0 Å². The van der Waals surface area contributed by atoms with Crippen LogP contribution in [0.5, 0.6) is 0 Å². The van der Waals surface area contributed by atoms with E-state index in [0.717, 1.165) is 0 Å². The van der Waals surface area contributed by atoms with E-state index >= 15 is 0 Å². The fourth-order valence-electron chi connectivity index (χ4n) is 1.82. The molecular formula is C17H11Cl2N3O3. The summed E-state index contributed by atoms with van der Waals surface area (Å²) in [4.78, 5) is 23.1. The van der Waals surface area contributed by atoms with Crippen molar-refractivity contribution in [3.63, 3.8) is 0 Å². The Bertz CT molecular complexity index is 904. The van der Waals surface area contributed by atoms with Crippen LogP contribution in [-0.2, 0) is 4.79 Å². The van der Waals surface area contributed by atoms with E-state index in [1.807, 2.05) is 0 Å². The van der Waals surface area contributed by atoms with Gasteiger partial charge in [-0.1, -0.05) is 29.3 Å². The van der Waals surface area contributed by atoms with Crippen LogP contribution in [0.15, 0.2) is 54.2 Å². The zero-order valence-corrected chi connectivity index (χ0v) is 14.1.